The monoisotopic (exact) mass is 295 g/mol. The van der Waals surface area contributed by atoms with E-state index in [-0.39, 0.29) is 0 Å². The Morgan fingerprint density at radius 1 is 1.71 bits per heavy atom. The molecule has 2 nitrogen and oxygen atoms in total. The third-order valence-electron chi connectivity index (χ3n) is 1.85. The molecule has 80 valence electrons. The maximum absolute atomic E-state index is 10.8. The van der Waals surface area contributed by atoms with Crippen molar-refractivity contribution in [1.29, 1.82) is 0 Å². The fourth-order valence-corrected chi connectivity index (χ4v) is 2.96. The summed E-state index contributed by atoms with van der Waals surface area (Å²) in [6.45, 7) is 2.93. The first-order chi connectivity index (χ1) is 6.59. The minimum atomic E-state index is -0.702. The Balaban J connectivity index is 2.35. The summed E-state index contributed by atoms with van der Waals surface area (Å²) in [5, 5.41) is 5.41. The highest BCUT2D eigenvalue weighted by Gasteiger charge is 2.06. The van der Waals surface area contributed by atoms with Crippen molar-refractivity contribution in [3.8, 4) is 0 Å². The van der Waals surface area contributed by atoms with Crippen LogP contribution in [0.5, 0.6) is 0 Å². The van der Waals surface area contributed by atoms with Crippen LogP contribution in [0, 0.1) is 0 Å². The number of hydrogen-bond acceptors (Lipinski definition) is 3. The second kappa shape index (κ2) is 6.00. The molecule has 14 heavy (non-hydrogen) atoms. The van der Waals surface area contributed by atoms with Crippen molar-refractivity contribution < 1.29 is 4.21 Å². The fourth-order valence-electron chi connectivity index (χ4n) is 1.08. The van der Waals surface area contributed by atoms with Crippen molar-refractivity contribution >= 4 is 38.1 Å². The maximum Gasteiger partial charge on any atom is 0.0386 e. The molecule has 0 saturated carbocycles. The molecule has 0 bridgehead atoms. The van der Waals surface area contributed by atoms with Gasteiger partial charge in [-0.15, -0.1) is 11.3 Å². The molecular weight excluding hydrogens is 282 g/mol. The van der Waals surface area contributed by atoms with Crippen molar-refractivity contribution in [1.82, 2.24) is 5.32 Å². The third kappa shape index (κ3) is 4.21. The quantitative estimate of drug-likeness (QED) is 0.904. The summed E-state index contributed by atoms with van der Waals surface area (Å²) < 4.78 is 12.0. The molecular formula is C9H14BrNOS2. The van der Waals surface area contributed by atoms with E-state index >= 15 is 0 Å². The summed E-state index contributed by atoms with van der Waals surface area (Å²) in [4.78, 5) is 1.30. The maximum atomic E-state index is 10.8. The van der Waals surface area contributed by atoms with E-state index < -0.39 is 10.8 Å². The van der Waals surface area contributed by atoms with Crippen LogP contribution in [0.3, 0.4) is 0 Å². The Hall–Kier alpha value is 0.290. The lowest BCUT2D eigenvalue weighted by Gasteiger charge is -2.10. The Kier molecular flexibility index (Phi) is 5.30. The van der Waals surface area contributed by atoms with E-state index in [1.54, 1.807) is 17.6 Å². The predicted octanol–water partition coefficient (Wildman–Crippen LogP) is 2.54. The molecule has 1 rings (SSSR count). The molecule has 0 spiro atoms. The van der Waals surface area contributed by atoms with Gasteiger partial charge >= 0.3 is 0 Å². The van der Waals surface area contributed by atoms with Gasteiger partial charge in [-0.1, -0.05) is 0 Å². The summed E-state index contributed by atoms with van der Waals surface area (Å²) in [5.74, 6) is 0.719. The normalized spacial score (nSPS) is 15.4. The van der Waals surface area contributed by atoms with Gasteiger partial charge in [-0.25, -0.2) is 0 Å². The molecule has 0 amide bonds. The number of nitrogens with one attached hydrogen (secondary N) is 1. The average Bonchev–Trinajstić information content (AvgIpc) is 2.51. The molecule has 1 aromatic heterocycles. The third-order valence-corrected chi connectivity index (χ3v) is 4.51. The van der Waals surface area contributed by atoms with Crippen molar-refractivity contribution in [2.24, 2.45) is 0 Å². The van der Waals surface area contributed by atoms with Crippen molar-refractivity contribution in [3.63, 3.8) is 0 Å². The molecule has 5 heteroatoms. The van der Waals surface area contributed by atoms with Crippen LogP contribution in [-0.2, 0) is 10.8 Å². The Labute approximate surface area is 99.7 Å². The number of halogens is 1. The second-order valence-corrected chi connectivity index (χ2v) is 6.53. The number of thiophene rings is 1. The first-order valence-electron chi connectivity index (χ1n) is 4.37. The van der Waals surface area contributed by atoms with Crippen LogP contribution in [0.1, 0.15) is 17.8 Å². The van der Waals surface area contributed by atoms with Crippen LogP contribution < -0.4 is 5.32 Å². The van der Waals surface area contributed by atoms with Crippen LogP contribution in [0.2, 0.25) is 0 Å². The molecule has 0 aliphatic carbocycles. The van der Waals surface area contributed by atoms with Gasteiger partial charge in [0.25, 0.3) is 0 Å². The zero-order valence-corrected chi connectivity index (χ0v) is 11.5. The highest BCUT2D eigenvalue weighted by molar-refractivity contribution is 9.10. The summed E-state index contributed by atoms with van der Waals surface area (Å²) in [7, 11) is -0.702. The van der Waals surface area contributed by atoms with Crippen molar-refractivity contribution in [2.45, 2.75) is 13.0 Å². The highest BCUT2D eigenvalue weighted by Crippen LogP contribution is 2.24. The van der Waals surface area contributed by atoms with E-state index in [9.17, 15) is 4.21 Å². The van der Waals surface area contributed by atoms with Crippen LogP contribution in [0.25, 0.3) is 0 Å². The Morgan fingerprint density at radius 2 is 2.43 bits per heavy atom. The molecule has 0 fully saturated rings. The standard InChI is InChI=1S/C9H14BrNOS2/c1-7(11-3-4-14(2)12)9-5-8(10)6-13-9/h5-7,11H,3-4H2,1-2H3. The molecule has 1 aromatic rings. The van der Waals surface area contributed by atoms with Crippen LogP contribution in [0.15, 0.2) is 15.9 Å². The molecule has 1 heterocycles. The van der Waals surface area contributed by atoms with Gasteiger partial charge in [-0.2, -0.15) is 0 Å². The largest absolute Gasteiger partial charge is 0.309 e. The summed E-state index contributed by atoms with van der Waals surface area (Å²) in [6.07, 6.45) is 1.73. The number of rotatable bonds is 5. The summed E-state index contributed by atoms with van der Waals surface area (Å²) in [5.41, 5.74) is 0. The molecule has 0 saturated heterocycles. The molecule has 2 unspecified atom stereocenters. The molecule has 1 N–H and O–H groups in total. The van der Waals surface area contributed by atoms with E-state index in [1.165, 1.54) is 4.88 Å². The molecule has 2 atom stereocenters. The van der Waals surface area contributed by atoms with Gasteiger partial charge in [0.2, 0.25) is 0 Å². The molecule has 0 radical (unpaired) electrons. The van der Waals surface area contributed by atoms with Gasteiger partial charge in [0.1, 0.15) is 0 Å². The average molecular weight is 296 g/mol. The smallest absolute Gasteiger partial charge is 0.0386 e. The van der Waals surface area contributed by atoms with Crippen LogP contribution in [-0.4, -0.2) is 22.8 Å². The van der Waals surface area contributed by atoms with Gasteiger partial charge in [-0.3, -0.25) is 4.21 Å². The minimum absolute atomic E-state index is 0.342. The van der Waals surface area contributed by atoms with Gasteiger partial charge < -0.3 is 5.32 Å². The van der Waals surface area contributed by atoms with Crippen molar-refractivity contribution in [3.05, 3.63) is 20.8 Å². The molecule has 0 aliphatic rings. The second-order valence-electron chi connectivity index (χ2n) is 3.12. The van der Waals surface area contributed by atoms with E-state index in [1.807, 2.05) is 0 Å². The van der Waals surface area contributed by atoms with E-state index in [2.05, 4.69) is 39.6 Å². The summed E-state index contributed by atoms with van der Waals surface area (Å²) >= 11 is 5.16. The van der Waals surface area contributed by atoms with E-state index in [0.717, 1.165) is 16.8 Å². The van der Waals surface area contributed by atoms with Gasteiger partial charge in [0.05, 0.1) is 0 Å². The van der Waals surface area contributed by atoms with Crippen LogP contribution >= 0.6 is 27.3 Å². The zero-order valence-electron chi connectivity index (χ0n) is 8.25. The van der Waals surface area contributed by atoms with E-state index in [4.69, 9.17) is 0 Å². The van der Waals surface area contributed by atoms with Gasteiger partial charge in [0, 0.05) is 50.1 Å². The fraction of sp³-hybridized carbons (Fsp3) is 0.556. The predicted molar refractivity (Wildman–Crippen MR) is 67.4 cm³/mol. The lowest BCUT2D eigenvalue weighted by Crippen LogP contribution is -2.22. The van der Waals surface area contributed by atoms with Crippen molar-refractivity contribution in [2.75, 3.05) is 18.6 Å². The molecule has 0 aromatic carbocycles. The zero-order chi connectivity index (χ0) is 10.6. The van der Waals surface area contributed by atoms with E-state index in [0.29, 0.717) is 6.04 Å². The van der Waals surface area contributed by atoms with Gasteiger partial charge in [0.15, 0.2) is 0 Å². The minimum Gasteiger partial charge on any atom is -0.309 e. The highest BCUT2D eigenvalue weighted by atomic mass is 79.9. The van der Waals surface area contributed by atoms with Crippen LogP contribution in [0.4, 0.5) is 0 Å². The topological polar surface area (TPSA) is 29.1 Å². The molecule has 0 aliphatic heterocycles. The lowest BCUT2D eigenvalue weighted by atomic mass is 10.3. The van der Waals surface area contributed by atoms with Gasteiger partial charge in [-0.05, 0) is 28.9 Å². The Morgan fingerprint density at radius 3 is 2.93 bits per heavy atom. The first kappa shape index (κ1) is 12.4. The number of hydrogen-bond donors (Lipinski definition) is 1. The SMILES string of the molecule is CC(NCCS(C)=O)c1cc(Br)cs1. The lowest BCUT2D eigenvalue weighted by molar-refractivity contribution is 0.605. The summed E-state index contributed by atoms with van der Waals surface area (Å²) in [6, 6.07) is 2.46. The Bertz CT molecular complexity index is 314. The first-order valence-corrected chi connectivity index (χ1v) is 7.77.